The van der Waals surface area contributed by atoms with Gasteiger partial charge in [0.05, 0.1) is 0 Å². The van der Waals surface area contributed by atoms with Crippen molar-refractivity contribution in [1.29, 1.82) is 0 Å². The van der Waals surface area contributed by atoms with Gasteiger partial charge < -0.3 is 9.84 Å². The van der Waals surface area contributed by atoms with Gasteiger partial charge in [0.1, 0.15) is 17.6 Å². The van der Waals surface area contributed by atoms with Crippen molar-refractivity contribution in [3.63, 3.8) is 0 Å². The van der Waals surface area contributed by atoms with Gasteiger partial charge in [0.2, 0.25) is 0 Å². The maximum Gasteiger partial charge on any atom is 0.147 e. The van der Waals surface area contributed by atoms with Crippen molar-refractivity contribution in [1.82, 2.24) is 5.16 Å². The van der Waals surface area contributed by atoms with Crippen LogP contribution in [0.2, 0.25) is 0 Å². The molecule has 2 aromatic rings. The lowest BCUT2D eigenvalue weighted by atomic mass is 10.3. The van der Waals surface area contributed by atoms with Crippen LogP contribution in [0, 0.1) is 6.92 Å². The maximum atomic E-state index is 4.82. The molecule has 0 atom stereocenters. The summed E-state index contributed by atoms with van der Waals surface area (Å²) in [5.74, 6) is 0. The second-order valence-electron chi connectivity index (χ2n) is 2.95. The molecule has 1 heterocycles. The van der Waals surface area contributed by atoms with Crippen LogP contribution in [0.4, 0.5) is 11.4 Å². The lowest BCUT2D eigenvalue weighted by molar-refractivity contribution is 0.415. The maximum absolute atomic E-state index is 4.82. The van der Waals surface area contributed by atoms with E-state index < -0.39 is 0 Å². The summed E-state index contributed by atoms with van der Waals surface area (Å²) in [5, 5.41) is 6.99. The SMILES string of the molecule is Cc1nocc1Nc1ccc(Br)cc1. The normalized spacial score (nSPS) is 10.1. The van der Waals surface area contributed by atoms with Gasteiger partial charge in [-0.3, -0.25) is 0 Å². The van der Waals surface area contributed by atoms with E-state index in [2.05, 4.69) is 26.4 Å². The lowest BCUT2D eigenvalue weighted by Gasteiger charge is -2.03. The first-order chi connectivity index (χ1) is 6.75. The van der Waals surface area contributed by atoms with Crippen LogP contribution in [0.5, 0.6) is 0 Å². The van der Waals surface area contributed by atoms with Gasteiger partial charge in [-0.25, -0.2) is 0 Å². The molecule has 0 bridgehead atoms. The number of hydrogen-bond donors (Lipinski definition) is 1. The van der Waals surface area contributed by atoms with Gasteiger partial charge in [0.15, 0.2) is 0 Å². The Balaban J connectivity index is 2.19. The summed E-state index contributed by atoms with van der Waals surface area (Å²) in [7, 11) is 0. The van der Waals surface area contributed by atoms with Gasteiger partial charge in [-0.15, -0.1) is 0 Å². The van der Waals surface area contributed by atoms with Crippen LogP contribution < -0.4 is 5.32 Å². The Morgan fingerprint density at radius 2 is 2.00 bits per heavy atom. The van der Waals surface area contributed by atoms with Crippen molar-refractivity contribution in [3.05, 3.63) is 40.7 Å². The van der Waals surface area contributed by atoms with Crippen LogP contribution in [-0.2, 0) is 0 Å². The molecule has 0 spiro atoms. The monoisotopic (exact) mass is 252 g/mol. The highest BCUT2D eigenvalue weighted by Gasteiger charge is 2.01. The highest BCUT2D eigenvalue weighted by molar-refractivity contribution is 9.10. The Labute approximate surface area is 90.2 Å². The quantitative estimate of drug-likeness (QED) is 0.890. The van der Waals surface area contributed by atoms with Crippen molar-refractivity contribution in [3.8, 4) is 0 Å². The van der Waals surface area contributed by atoms with E-state index >= 15 is 0 Å². The van der Waals surface area contributed by atoms with Gasteiger partial charge >= 0.3 is 0 Å². The number of nitrogens with one attached hydrogen (secondary N) is 1. The molecule has 0 aliphatic carbocycles. The Bertz CT molecular complexity index is 422. The van der Waals surface area contributed by atoms with Crippen LogP contribution in [0.15, 0.2) is 39.5 Å². The molecule has 72 valence electrons. The van der Waals surface area contributed by atoms with Crippen molar-refractivity contribution in [2.45, 2.75) is 6.92 Å². The summed E-state index contributed by atoms with van der Waals surface area (Å²) in [4.78, 5) is 0. The van der Waals surface area contributed by atoms with Gasteiger partial charge in [-0.2, -0.15) is 0 Å². The Morgan fingerprint density at radius 1 is 1.29 bits per heavy atom. The number of aromatic nitrogens is 1. The minimum Gasteiger partial charge on any atom is -0.362 e. The molecule has 2 rings (SSSR count). The van der Waals surface area contributed by atoms with Crippen molar-refractivity contribution >= 4 is 27.3 Å². The van der Waals surface area contributed by atoms with Gasteiger partial charge in [-0.1, -0.05) is 21.1 Å². The molecule has 14 heavy (non-hydrogen) atoms. The Kier molecular flexibility index (Phi) is 2.54. The van der Waals surface area contributed by atoms with Gasteiger partial charge in [0, 0.05) is 10.2 Å². The van der Waals surface area contributed by atoms with E-state index in [1.807, 2.05) is 31.2 Å². The third-order valence-electron chi connectivity index (χ3n) is 1.87. The van der Waals surface area contributed by atoms with Crippen molar-refractivity contribution < 1.29 is 4.52 Å². The first-order valence-corrected chi connectivity index (χ1v) is 4.98. The number of halogens is 1. The summed E-state index contributed by atoms with van der Waals surface area (Å²) in [6.07, 6.45) is 1.59. The number of anilines is 2. The van der Waals surface area contributed by atoms with E-state index in [9.17, 15) is 0 Å². The molecule has 0 aliphatic rings. The fraction of sp³-hybridized carbons (Fsp3) is 0.100. The second-order valence-corrected chi connectivity index (χ2v) is 3.86. The van der Waals surface area contributed by atoms with Crippen LogP contribution in [0.3, 0.4) is 0 Å². The standard InChI is InChI=1S/C10H9BrN2O/c1-7-10(6-14-13-7)12-9-4-2-8(11)3-5-9/h2-6,12H,1H3. The fourth-order valence-electron chi connectivity index (χ4n) is 1.10. The minimum atomic E-state index is 0.855. The van der Waals surface area contributed by atoms with Crippen molar-refractivity contribution in [2.24, 2.45) is 0 Å². The molecular weight excluding hydrogens is 244 g/mol. The number of rotatable bonds is 2. The molecule has 1 N–H and O–H groups in total. The Morgan fingerprint density at radius 3 is 2.57 bits per heavy atom. The van der Waals surface area contributed by atoms with E-state index in [-0.39, 0.29) is 0 Å². The predicted molar refractivity (Wildman–Crippen MR) is 58.7 cm³/mol. The number of hydrogen-bond acceptors (Lipinski definition) is 3. The second kappa shape index (κ2) is 3.84. The van der Waals surface area contributed by atoms with Crippen LogP contribution in [-0.4, -0.2) is 5.16 Å². The summed E-state index contributed by atoms with van der Waals surface area (Å²) in [5.41, 5.74) is 2.76. The van der Waals surface area contributed by atoms with Gasteiger partial charge in [0.25, 0.3) is 0 Å². The molecule has 4 heteroatoms. The average molecular weight is 253 g/mol. The highest BCUT2D eigenvalue weighted by atomic mass is 79.9. The molecule has 0 radical (unpaired) electrons. The lowest BCUT2D eigenvalue weighted by Crippen LogP contribution is -1.89. The third kappa shape index (κ3) is 1.96. The molecule has 0 saturated heterocycles. The topological polar surface area (TPSA) is 38.1 Å². The number of nitrogens with zero attached hydrogens (tertiary/aromatic N) is 1. The summed E-state index contributed by atoms with van der Waals surface area (Å²) >= 11 is 3.38. The third-order valence-corrected chi connectivity index (χ3v) is 2.40. The smallest absolute Gasteiger partial charge is 0.147 e. The van der Waals surface area contributed by atoms with Gasteiger partial charge in [-0.05, 0) is 31.2 Å². The molecule has 0 amide bonds. The molecule has 1 aromatic heterocycles. The van der Waals surface area contributed by atoms with E-state index in [0.29, 0.717) is 0 Å². The molecule has 0 fully saturated rings. The summed E-state index contributed by atoms with van der Waals surface area (Å²) < 4.78 is 5.88. The first kappa shape index (κ1) is 9.27. The first-order valence-electron chi connectivity index (χ1n) is 4.19. The van der Waals surface area contributed by atoms with E-state index in [4.69, 9.17) is 4.52 Å². The number of aryl methyl sites for hydroxylation is 1. The predicted octanol–water partition coefficient (Wildman–Crippen LogP) is 3.49. The molecule has 0 aliphatic heterocycles. The Hall–Kier alpha value is -1.29. The highest BCUT2D eigenvalue weighted by Crippen LogP contribution is 2.20. The zero-order valence-corrected chi connectivity index (χ0v) is 9.21. The number of benzene rings is 1. The molecule has 0 unspecified atom stereocenters. The molecule has 3 nitrogen and oxygen atoms in total. The molecule has 0 saturated carbocycles. The zero-order chi connectivity index (χ0) is 9.97. The van der Waals surface area contributed by atoms with E-state index in [1.54, 1.807) is 6.26 Å². The summed E-state index contributed by atoms with van der Waals surface area (Å²) in [6, 6.07) is 7.92. The largest absolute Gasteiger partial charge is 0.362 e. The van der Waals surface area contributed by atoms with Crippen LogP contribution in [0.25, 0.3) is 0 Å². The van der Waals surface area contributed by atoms with Crippen LogP contribution in [0.1, 0.15) is 5.69 Å². The summed E-state index contributed by atoms with van der Waals surface area (Å²) in [6.45, 7) is 1.89. The minimum absolute atomic E-state index is 0.855. The van der Waals surface area contributed by atoms with Crippen LogP contribution >= 0.6 is 15.9 Å². The average Bonchev–Trinajstić information content (AvgIpc) is 2.56. The molecule has 1 aromatic carbocycles. The van der Waals surface area contributed by atoms with Crippen molar-refractivity contribution in [2.75, 3.05) is 5.32 Å². The van der Waals surface area contributed by atoms with E-state index in [0.717, 1.165) is 21.5 Å². The fourth-order valence-corrected chi connectivity index (χ4v) is 1.37. The zero-order valence-electron chi connectivity index (χ0n) is 7.62. The molecular formula is C10H9BrN2O. The van der Waals surface area contributed by atoms with E-state index in [1.165, 1.54) is 0 Å².